The van der Waals surface area contributed by atoms with Gasteiger partial charge in [0.05, 0.1) is 12.8 Å². The Kier molecular flexibility index (Phi) is 5.23. The molecule has 6 nitrogen and oxygen atoms in total. The number of benzene rings is 2. The average molecular weight is 404 g/mol. The number of hydrogen-bond acceptors (Lipinski definition) is 5. The van der Waals surface area contributed by atoms with E-state index in [2.05, 4.69) is 31.8 Å². The molecule has 0 aromatic heterocycles. The fourth-order valence-electron chi connectivity index (χ4n) is 2.51. The number of nitrogens with zero attached hydrogens (tertiary/aromatic N) is 1. The zero-order chi connectivity index (χ0) is 17.8. The molecule has 3 rings (SSSR count). The Morgan fingerprint density at radius 1 is 1.24 bits per heavy atom. The van der Waals surface area contributed by atoms with Crippen molar-refractivity contribution in [1.82, 2.24) is 5.43 Å². The van der Waals surface area contributed by atoms with Crippen molar-refractivity contribution >= 4 is 33.7 Å². The van der Waals surface area contributed by atoms with Crippen LogP contribution in [0.1, 0.15) is 16.7 Å². The maximum Gasteiger partial charge on any atom is 0.259 e. The van der Waals surface area contributed by atoms with E-state index in [9.17, 15) is 4.79 Å². The first-order chi connectivity index (χ1) is 12.0. The molecule has 0 atom stereocenters. The maximum absolute atomic E-state index is 12.0. The summed E-state index contributed by atoms with van der Waals surface area (Å²) in [7, 11) is 0. The van der Waals surface area contributed by atoms with E-state index < -0.39 is 0 Å². The van der Waals surface area contributed by atoms with Gasteiger partial charge in [-0.1, -0.05) is 18.2 Å². The van der Waals surface area contributed by atoms with Crippen molar-refractivity contribution in [1.29, 1.82) is 0 Å². The Balaban J connectivity index is 1.57. The molecule has 2 aromatic rings. The molecule has 1 aliphatic heterocycles. The van der Waals surface area contributed by atoms with E-state index >= 15 is 0 Å². The lowest BCUT2D eigenvalue weighted by molar-refractivity contribution is -0.119. The Bertz CT molecular complexity index is 816. The van der Waals surface area contributed by atoms with Gasteiger partial charge in [0.25, 0.3) is 5.91 Å². The van der Waals surface area contributed by atoms with Crippen molar-refractivity contribution in [3.63, 3.8) is 0 Å². The first-order valence-corrected chi connectivity index (χ1v) is 8.55. The van der Waals surface area contributed by atoms with Crippen LogP contribution in [0.5, 0.6) is 11.5 Å². The highest BCUT2D eigenvalue weighted by Crippen LogP contribution is 2.36. The molecule has 1 aliphatic rings. The normalized spacial score (nSPS) is 12.4. The third kappa shape index (κ3) is 4.11. The Morgan fingerprint density at radius 3 is 2.64 bits per heavy atom. The standard InChI is InChI=1S/C18H18BrN3O3/c1-11-4-3-5-12(2)18(11)20-9-17(23)22-21-8-13-6-15-16(7-14(13)19)25-10-24-15/h3-8,20H,9-10H2,1-2H3,(H,22,23)/b21-8-. The number of carbonyl (C=O) groups excluding carboxylic acids is 1. The first-order valence-electron chi connectivity index (χ1n) is 7.76. The molecule has 0 saturated heterocycles. The molecule has 0 fully saturated rings. The van der Waals surface area contributed by atoms with Crippen LogP contribution >= 0.6 is 15.9 Å². The minimum atomic E-state index is -0.226. The van der Waals surface area contributed by atoms with Crippen LogP contribution in [0.4, 0.5) is 5.69 Å². The van der Waals surface area contributed by atoms with Crippen LogP contribution in [-0.2, 0) is 4.79 Å². The van der Waals surface area contributed by atoms with E-state index in [4.69, 9.17) is 9.47 Å². The summed E-state index contributed by atoms with van der Waals surface area (Å²) in [5.74, 6) is 1.12. The van der Waals surface area contributed by atoms with Crippen molar-refractivity contribution in [3.8, 4) is 11.5 Å². The summed E-state index contributed by atoms with van der Waals surface area (Å²) in [6, 6.07) is 9.61. The molecule has 130 valence electrons. The average Bonchev–Trinajstić information content (AvgIpc) is 3.01. The number of rotatable bonds is 5. The highest BCUT2D eigenvalue weighted by Gasteiger charge is 2.15. The fraction of sp³-hybridized carbons (Fsp3) is 0.222. The number of anilines is 1. The molecule has 25 heavy (non-hydrogen) atoms. The highest BCUT2D eigenvalue weighted by molar-refractivity contribution is 9.10. The predicted octanol–water partition coefficient (Wildman–Crippen LogP) is 3.36. The van der Waals surface area contributed by atoms with Crippen molar-refractivity contribution in [2.24, 2.45) is 5.10 Å². The Morgan fingerprint density at radius 2 is 1.92 bits per heavy atom. The number of hydrazone groups is 1. The van der Waals surface area contributed by atoms with Gasteiger partial charge in [-0.3, -0.25) is 4.79 Å². The number of carbonyl (C=O) groups is 1. The summed E-state index contributed by atoms with van der Waals surface area (Å²) in [4.78, 5) is 12.0. The quantitative estimate of drug-likeness (QED) is 0.592. The molecular formula is C18H18BrN3O3. The summed E-state index contributed by atoms with van der Waals surface area (Å²) < 4.78 is 11.4. The van der Waals surface area contributed by atoms with Gasteiger partial charge in [-0.25, -0.2) is 5.43 Å². The van der Waals surface area contributed by atoms with Gasteiger partial charge in [0, 0.05) is 15.7 Å². The van der Waals surface area contributed by atoms with Crippen molar-refractivity contribution in [2.75, 3.05) is 18.7 Å². The van der Waals surface area contributed by atoms with Crippen LogP contribution in [-0.4, -0.2) is 25.5 Å². The number of halogens is 1. The zero-order valence-electron chi connectivity index (χ0n) is 13.9. The largest absolute Gasteiger partial charge is 0.454 e. The molecule has 0 spiro atoms. The minimum Gasteiger partial charge on any atom is -0.454 e. The van der Waals surface area contributed by atoms with E-state index in [-0.39, 0.29) is 19.2 Å². The molecule has 2 aromatic carbocycles. The number of para-hydroxylation sites is 1. The predicted molar refractivity (Wildman–Crippen MR) is 100 cm³/mol. The SMILES string of the molecule is Cc1cccc(C)c1NCC(=O)N/N=C\c1cc2c(cc1Br)OCO2. The fourth-order valence-corrected chi connectivity index (χ4v) is 2.93. The van der Waals surface area contributed by atoms with Gasteiger partial charge >= 0.3 is 0 Å². The molecule has 0 bridgehead atoms. The Hall–Kier alpha value is -2.54. The second-order valence-corrected chi connectivity index (χ2v) is 6.49. The third-order valence-corrected chi connectivity index (χ3v) is 4.48. The lowest BCUT2D eigenvalue weighted by Gasteiger charge is -2.11. The number of amides is 1. The second-order valence-electron chi connectivity index (χ2n) is 5.64. The summed E-state index contributed by atoms with van der Waals surface area (Å²) in [5, 5.41) is 7.14. The molecule has 2 N–H and O–H groups in total. The van der Waals surface area contributed by atoms with Crippen LogP contribution in [0.15, 0.2) is 39.9 Å². The number of nitrogens with one attached hydrogen (secondary N) is 2. The lowest BCUT2D eigenvalue weighted by atomic mass is 10.1. The van der Waals surface area contributed by atoms with Crippen molar-refractivity contribution in [3.05, 3.63) is 51.5 Å². The van der Waals surface area contributed by atoms with Gasteiger partial charge in [-0.05, 0) is 53.0 Å². The van der Waals surface area contributed by atoms with Crippen LogP contribution in [0.25, 0.3) is 0 Å². The zero-order valence-corrected chi connectivity index (χ0v) is 15.5. The second kappa shape index (κ2) is 7.57. The lowest BCUT2D eigenvalue weighted by Crippen LogP contribution is -2.26. The molecule has 1 amide bonds. The number of ether oxygens (including phenoxy) is 2. The van der Waals surface area contributed by atoms with Crippen molar-refractivity contribution in [2.45, 2.75) is 13.8 Å². The monoisotopic (exact) mass is 403 g/mol. The summed E-state index contributed by atoms with van der Waals surface area (Å²) in [6.45, 7) is 4.36. The number of fused-ring (bicyclic) bond motifs is 1. The van der Waals surface area contributed by atoms with Gasteiger partial charge in [-0.15, -0.1) is 0 Å². The van der Waals surface area contributed by atoms with E-state index in [1.165, 1.54) is 0 Å². The van der Waals surface area contributed by atoms with Gasteiger partial charge in [-0.2, -0.15) is 5.10 Å². The number of aryl methyl sites for hydroxylation is 2. The molecule has 0 aliphatic carbocycles. The molecule has 1 heterocycles. The van der Waals surface area contributed by atoms with E-state index in [0.29, 0.717) is 11.5 Å². The van der Waals surface area contributed by atoms with Gasteiger partial charge in [0.15, 0.2) is 11.5 Å². The van der Waals surface area contributed by atoms with Crippen LogP contribution in [0.3, 0.4) is 0 Å². The van der Waals surface area contributed by atoms with E-state index in [1.807, 2.05) is 38.1 Å². The third-order valence-electron chi connectivity index (χ3n) is 3.79. The molecule has 0 saturated carbocycles. The van der Waals surface area contributed by atoms with Crippen LogP contribution in [0, 0.1) is 13.8 Å². The van der Waals surface area contributed by atoms with E-state index in [1.54, 1.807) is 12.3 Å². The van der Waals surface area contributed by atoms with Gasteiger partial charge in [0.1, 0.15) is 0 Å². The van der Waals surface area contributed by atoms with Crippen LogP contribution < -0.4 is 20.2 Å². The van der Waals surface area contributed by atoms with Gasteiger partial charge in [0.2, 0.25) is 6.79 Å². The molecule has 0 radical (unpaired) electrons. The highest BCUT2D eigenvalue weighted by atomic mass is 79.9. The Labute approximate surface area is 154 Å². The van der Waals surface area contributed by atoms with Gasteiger partial charge < -0.3 is 14.8 Å². The van der Waals surface area contributed by atoms with Crippen LogP contribution in [0.2, 0.25) is 0 Å². The summed E-state index contributed by atoms with van der Waals surface area (Å²) >= 11 is 3.44. The number of hydrogen-bond donors (Lipinski definition) is 2. The van der Waals surface area contributed by atoms with Crippen molar-refractivity contribution < 1.29 is 14.3 Å². The smallest absolute Gasteiger partial charge is 0.259 e. The molecular weight excluding hydrogens is 386 g/mol. The molecule has 7 heteroatoms. The minimum absolute atomic E-state index is 0.144. The summed E-state index contributed by atoms with van der Waals surface area (Å²) in [5.41, 5.74) is 6.46. The first kappa shape index (κ1) is 17.3. The molecule has 0 unspecified atom stereocenters. The maximum atomic E-state index is 12.0. The topological polar surface area (TPSA) is 72.0 Å². The summed E-state index contributed by atoms with van der Waals surface area (Å²) in [6.07, 6.45) is 1.56. The van der Waals surface area contributed by atoms with E-state index in [0.717, 1.165) is 26.9 Å².